The first-order chi connectivity index (χ1) is 6.72. The zero-order chi connectivity index (χ0) is 11.7. The molecule has 0 saturated heterocycles. The molecule has 0 aliphatic rings. The van der Waals surface area contributed by atoms with E-state index in [1.165, 1.54) is 0 Å². The third-order valence-electron chi connectivity index (χ3n) is 2.92. The Labute approximate surface area is 102 Å². The molecule has 0 aliphatic heterocycles. The van der Waals surface area contributed by atoms with Gasteiger partial charge >= 0.3 is 0 Å². The number of benzene rings is 1. The van der Waals surface area contributed by atoms with Crippen LogP contribution in [0.5, 0.6) is 5.75 Å². The lowest BCUT2D eigenvalue weighted by Gasteiger charge is -2.36. The second kappa shape index (κ2) is 4.30. The van der Waals surface area contributed by atoms with E-state index in [0.29, 0.717) is 0 Å². The Balaban J connectivity index is 2.82. The van der Waals surface area contributed by atoms with Gasteiger partial charge in [0, 0.05) is 10.5 Å². The highest BCUT2D eigenvalue weighted by Gasteiger charge is 2.38. The minimum Gasteiger partial charge on any atom is -0.543 e. The molecule has 0 bridgehead atoms. The van der Waals surface area contributed by atoms with Crippen molar-refractivity contribution in [3.63, 3.8) is 0 Å². The van der Waals surface area contributed by atoms with Gasteiger partial charge in [-0.1, -0.05) is 36.7 Å². The molecule has 83 valence electrons. The number of rotatable bonds is 2. The van der Waals surface area contributed by atoms with Gasteiger partial charge in [-0.05, 0) is 36.3 Å². The maximum Gasteiger partial charge on any atom is 0.250 e. The van der Waals surface area contributed by atoms with Gasteiger partial charge in [-0.25, -0.2) is 0 Å². The molecule has 0 unspecified atom stereocenters. The normalized spacial score (nSPS) is 12.7. The highest BCUT2D eigenvalue weighted by molar-refractivity contribution is 9.10. The summed E-state index contributed by atoms with van der Waals surface area (Å²) in [6.45, 7) is 11.2. The zero-order valence-corrected chi connectivity index (χ0v) is 12.6. The second-order valence-corrected chi connectivity index (χ2v) is 10.9. The Hall–Kier alpha value is -0.283. The topological polar surface area (TPSA) is 9.23 Å². The number of halogens is 1. The average Bonchev–Trinajstić information content (AvgIpc) is 2.06. The van der Waals surface area contributed by atoms with Crippen molar-refractivity contribution in [2.75, 3.05) is 0 Å². The molecule has 1 radical (unpaired) electrons. The van der Waals surface area contributed by atoms with Crippen molar-refractivity contribution in [1.29, 1.82) is 0 Å². The van der Waals surface area contributed by atoms with E-state index in [1.807, 2.05) is 18.2 Å². The molecule has 0 saturated carbocycles. The fraction of sp³-hybridized carbons (Fsp3) is 0.500. The lowest BCUT2D eigenvalue weighted by atomic mass is 10.2. The van der Waals surface area contributed by atoms with Crippen LogP contribution in [0.4, 0.5) is 0 Å². The molecule has 1 aromatic carbocycles. The summed E-state index contributed by atoms with van der Waals surface area (Å²) >= 11 is 3.39. The SMILES string of the molecule is CC(C)(C)[Si](C)(C)Oc1[c]cc(Br)cc1. The van der Waals surface area contributed by atoms with E-state index in [9.17, 15) is 0 Å². The molecule has 0 atom stereocenters. The molecular formula is C12H18BrOSi. The van der Waals surface area contributed by atoms with Crippen LogP contribution in [0, 0.1) is 6.07 Å². The molecule has 0 heterocycles. The van der Waals surface area contributed by atoms with Gasteiger partial charge in [0.15, 0.2) is 0 Å². The molecule has 0 N–H and O–H groups in total. The molecule has 0 amide bonds. The monoisotopic (exact) mass is 285 g/mol. The smallest absolute Gasteiger partial charge is 0.250 e. The van der Waals surface area contributed by atoms with Crippen LogP contribution in [-0.2, 0) is 0 Å². The third-order valence-corrected chi connectivity index (χ3v) is 7.75. The summed E-state index contributed by atoms with van der Waals surface area (Å²) in [5, 5.41) is 0.230. The summed E-state index contributed by atoms with van der Waals surface area (Å²) in [6, 6.07) is 8.97. The predicted octanol–water partition coefficient (Wildman–Crippen LogP) is 4.63. The van der Waals surface area contributed by atoms with E-state index in [-0.39, 0.29) is 5.04 Å². The van der Waals surface area contributed by atoms with Crippen LogP contribution in [0.15, 0.2) is 22.7 Å². The summed E-state index contributed by atoms with van der Waals surface area (Å²) in [5.41, 5.74) is 0. The minimum absolute atomic E-state index is 0.230. The van der Waals surface area contributed by atoms with Gasteiger partial charge in [-0.2, -0.15) is 0 Å². The van der Waals surface area contributed by atoms with Crippen LogP contribution in [0.2, 0.25) is 18.1 Å². The Kier molecular flexibility index (Phi) is 3.66. The van der Waals surface area contributed by atoms with E-state index in [4.69, 9.17) is 4.43 Å². The van der Waals surface area contributed by atoms with E-state index < -0.39 is 8.32 Å². The van der Waals surface area contributed by atoms with Gasteiger partial charge in [-0.3, -0.25) is 0 Å². The number of hydrogen-bond acceptors (Lipinski definition) is 1. The lowest BCUT2D eigenvalue weighted by molar-refractivity contribution is 0.491. The first kappa shape index (κ1) is 12.8. The quantitative estimate of drug-likeness (QED) is 0.720. The van der Waals surface area contributed by atoms with E-state index in [2.05, 4.69) is 55.9 Å². The van der Waals surface area contributed by atoms with Gasteiger partial charge in [0.05, 0.1) is 0 Å². The fourth-order valence-corrected chi connectivity index (χ4v) is 2.11. The standard InChI is InChI=1S/C12H18BrOSi/c1-12(2,3)15(4,5)14-11-8-6-10(13)7-9-11/h6-8H,1-5H3. The van der Waals surface area contributed by atoms with Crippen molar-refractivity contribution in [3.8, 4) is 5.75 Å². The molecule has 0 fully saturated rings. The fourth-order valence-electron chi connectivity index (χ4n) is 0.883. The summed E-state index contributed by atoms with van der Waals surface area (Å²) in [7, 11) is -1.71. The summed E-state index contributed by atoms with van der Waals surface area (Å²) < 4.78 is 7.12. The maximum absolute atomic E-state index is 6.08. The van der Waals surface area contributed by atoms with E-state index in [1.54, 1.807) is 0 Å². The van der Waals surface area contributed by atoms with Crippen molar-refractivity contribution < 1.29 is 4.43 Å². The van der Waals surface area contributed by atoms with Gasteiger partial charge in [0.1, 0.15) is 5.75 Å². The van der Waals surface area contributed by atoms with Crippen molar-refractivity contribution in [2.45, 2.75) is 38.9 Å². The first-order valence-electron chi connectivity index (χ1n) is 5.09. The molecule has 15 heavy (non-hydrogen) atoms. The molecule has 1 nitrogen and oxygen atoms in total. The first-order valence-corrected chi connectivity index (χ1v) is 8.79. The molecule has 3 heteroatoms. The lowest BCUT2D eigenvalue weighted by Crippen LogP contribution is -2.43. The molecule has 1 rings (SSSR count). The van der Waals surface area contributed by atoms with Crippen molar-refractivity contribution in [3.05, 3.63) is 28.7 Å². The van der Waals surface area contributed by atoms with Crippen LogP contribution in [0.25, 0.3) is 0 Å². The highest BCUT2D eigenvalue weighted by Crippen LogP contribution is 2.37. The number of hydrogen-bond donors (Lipinski definition) is 0. The van der Waals surface area contributed by atoms with Crippen molar-refractivity contribution in [2.24, 2.45) is 0 Å². The van der Waals surface area contributed by atoms with E-state index >= 15 is 0 Å². The van der Waals surface area contributed by atoms with Gasteiger partial charge in [0.25, 0.3) is 8.32 Å². The van der Waals surface area contributed by atoms with Crippen LogP contribution in [0.3, 0.4) is 0 Å². The minimum atomic E-state index is -1.71. The summed E-state index contributed by atoms with van der Waals surface area (Å²) in [6.07, 6.45) is 0. The Bertz CT molecular complexity index is 324. The second-order valence-electron chi connectivity index (χ2n) is 5.23. The summed E-state index contributed by atoms with van der Waals surface area (Å²) in [5.74, 6) is 0.852. The van der Waals surface area contributed by atoms with Crippen molar-refractivity contribution in [1.82, 2.24) is 0 Å². The largest absolute Gasteiger partial charge is 0.543 e. The highest BCUT2D eigenvalue weighted by atomic mass is 79.9. The Morgan fingerprint density at radius 3 is 2.27 bits per heavy atom. The van der Waals surface area contributed by atoms with Crippen LogP contribution >= 0.6 is 15.9 Å². The molecule has 1 aromatic rings. The Morgan fingerprint density at radius 2 is 1.87 bits per heavy atom. The zero-order valence-electron chi connectivity index (χ0n) is 10.0. The molecule has 0 aliphatic carbocycles. The third kappa shape index (κ3) is 3.35. The molecular weight excluding hydrogens is 268 g/mol. The maximum atomic E-state index is 6.08. The Morgan fingerprint density at radius 1 is 1.27 bits per heavy atom. The van der Waals surface area contributed by atoms with Crippen molar-refractivity contribution >= 4 is 24.2 Å². The van der Waals surface area contributed by atoms with Gasteiger partial charge in [-0.15, -0.1) is 0 Å². The van der Waals surface area contributed by atoms with Gasteiger partial charge < -0.3 is 4.43 Å². The van der Waals surface area contributed by atoms with Gasteiger partial charge in [0.2, 0.25) is 0 Å². The average molecular weight is 286 g/mol. The predicted molar refractivity (Wildman–Crippen MR) is 70.8 cm³/mol. The van der Waals surface area contributed by atoms with Crippen LogP contribution in [0.1, 0.15) is 20.8 Å². The summed E-state index contributed by atoms with van der Waals surface area (Å²) in [4.78, 5) is 0. The molecule has 0 spiro atoms. The van der Waals surface area contributed by atoms with Crippen LogP contribution < -0.4 is 4.43 Å². The molecule has 0 aromatic heterocycles. The van der Waals surface area contributed by atoms with E-state index in [0.717, 1.165) is 10.2 Å². The van der Waals surface area contributed by atoms with Crippen LogP contribution in [-0.4, -0.2) is 8.32 Å².